The zero-order valence-electron chi connectivity index (χ0n) is 19.5. The van der Waals surface area contributed by atoms with E-state index in [2.05, 4.69) is 4.74 Å². The number of alkyl halides is 3. The average molecular weight is 522 g/mol. The number of aryl methyl sites for hydroxylation is 2. The molecule has 7 nitrogen and oxygen atoms in total. The maximum atomic E-state index is 13.6. The third kappa shape index (κ3) is 4.91. The standard InChI is InChI=1S/C25H23ClF3N3O4/c1-15-20(17-5-3-6-19(13-17)36-25(27,28)29)32(14-16-7-9-18(26)10-8-16)22-21(15)30(2)24(35)31(23(22)34)11-4-12-33/h3,5-10,13,33H,4,11-12,14H2,1-2H3. The van der Waals surface area contributed by atoms with Crippen LogP contribution in [0.15, 0.2) is 58.1 Å². The molecule has 1 N–H and O–H groups in total. The molecule has 2 heterocycles. The first-order chi connectivity index (χ1) is 17.0. The molecule has 0 fully saturated rings. The van der Waals surface area contributed by atoms with Gasteiger partial charge in [0.1, 0.15) is 11.3 Å². The second-order valence-electron chi connectivity index (χ2n) is 8.33. The molecule has 190 valence electrons. The molecular formula is C25H23ClF3N3O4. The molecule has 0 aliphatic carbocycles. The monoisotopic (exact) mass is 521 g/mol. The number of nitrogens with zero attached hydrogens (tertiary/aromatic N) is 3. The first kappa shape index (κ1) is 25.6. The van der Waals surface area contributed by atoms with Crippen LogP contribution >= 0.6 is 11.6 Å². The summed E-state index contributed by atoms with van der Waals surface area (Å²) in [5.41, 5.74) is 1.69. The van der Waals surface area contributed by atoms with Crippen LogP contribution in [-0.2, 0) is 20.1 Å². The second kappa shape index (κ2) is 9.87. The Labute approximate surface area is 208 Å². The van der Waals surface area contributed by atoms with Crippen LogP contribution in [0.25, 0.3) is 22.3 Å². The highest BCUT2D eigenvalue weighted by molar-refractivity contribution is 6.30. The summed E-state index contributed by atoms with van der Waals surface area (Å²) in [5.74, 6) is -0.406. The van der Waals surface area contributed by atoms with Crippen molar-refractivity contribution >= 4 is 22.6 Å². The number of aromatic nitrogens is 3. The number of aliphatic hydroxyl groups is 1. The van der Waals surface area contributed by atoms with E-state index in [1.807, 2.05) is 0 Å². The number of hydrogen-bond donors (Lipinski definition) is 1. The van der Waals surface area contributed by atoms with Crippen LogP contribution in [-0.4, -0.2) is 31.8 Å². The fourth-order valence-corrected chi connectivity index (χ4v) is 4.55. The summed E-state index contributed by atoms with van der Waals surface area (Å²) in [4.78, 5) is 26.6. The van der Waals surface area contributed by atoms with E-state index in [4.69, 9.17) is 11.6 Å². The Morgan fingerprint density at radius 3 is 2.36 bits per heavy atom. The molecule has 4 aromatic rings. The van der Waals surface area contributed by atoms with Crippen molar-refractivity contribution in [2.45, 2.75) is 32.8 Å². The minimum atomic E-state index is -4.87. The van der Waals surface area contributed by atoms with Gasteiger partial charge < -0.3 is 14.4 Å². The lowest BCUT2D eigenvalue weighted by atomic mass is 10.1. The number of aliphatic hydroxyl groups excluding tert-OH is 1. The van der Waals surface area contributed by atoms with E-state index in [0.29, 0.717) is 27.4 Å². The largest absolute Gasteiger partial charge is 0.573 e. The van der Waals surface area contributed by atoms with Crippen LogP contribution in [0.2, 0.25) is 5.02 Å². The number of halogens is 4. The van der Waals surface area contributed by atoms with Gasteiger partial charge in [0.05, 0.1) is 11.2 Å². The van der Waals surface area contributed by atoms with Crippen LogP contribution in [0, 0.1) is 6.92 Å². The van der Waals surface area contributed by atoms with Gasteiger partial charge in [0.25, 0.3) is 5.56 Å². The van der Waals surface area contributed by atoms with Gasteiger partial charge in [0.2, 0.25) is 0 Å². The Kier molecular flexibility index (Phi) is 7.01. The lowest BCUT2D eigenvalue weighted by molar-refractivity contribution is -0.274. The van der Waals surface area contributed by atoms with E-state index in [9.17, 15) is 27.9 Å². The highest BCUT2D eigenvalue weighted by atomic mass is 35.5. The van der Waals surface area contributed by atoms with Crippen LogP contribution in [0.1, 0.15) is 17.5 Å². The van der Waals surface area contributed by atoms with Gasteiger partial charge in [-0.05, 0) is 48.7 Å². The SMILES string of the molecule is Cc1c(-c2cccc(OC(F)(F)F)c2)n(Cc2ccc(Cl)cc2)c2c(=O)n(CCCO)c(=O)n(C)c12. The normalized spacial score (nSPS) is 11.9. The van der Waals surface area contributed by atoms with Gasteiger partial charge in [-0.15, -0.1) is 13.2 Å². The molecule has 0 amide bonds. The van der Waals surface area contributed by atoms with Crippen molar-refractivity contribution in [2.75, 3.05) is 6.61 Å². The van der Waals surface area contributed by atoms with E-state index in [1.165, 1.54) is 29.8 Å². The van der Waals surface area contributed by atoms with Crippen LogP contribution in [0.3, 0.4) is 0 Å². The summed E-state index contributed by atoms with van der Waals surface area (Å²) < 4.78 is 46.8. The maximum Gasteiger partial charge on any atom is 0.573 e. The number of ether oxygens (including phenoxy) is 1. The van der Waals surface area contributed by atoms with Crippen LogP contribution in [0.5, 0.6) is 5.75 Å². The predicted octanol–water partition coefficient (Wildman–Crippen LogP) is 4.46. The zero-order chi connectivity index (χ0) is 26.2. The van der Waals surface area contributed by atoms with Gasteiger partial charge in [0.15, 0.2) is 0 Å². The van der Waals surface area contributed by atoms with Gasteiger partial charge in [-0.2, -0.15) is 0 Å². The van der Waals surface area contributed by atoms with Crippen molar-refractivity contribution in [1.29, 1.82) is 0 Å². The Hall–Kier alpha value is -3.50. The molecule has 0 atom stereocenters. The minimum absolute atomic E-state index is 0.0212. The molecule has 0 aliphatic heterocycles. The number of benzene rings is 2. The minimum Gasteiger partial charge on any atom is -0.406 e. The molecule has 4 rings (SSSR count). The third-order valence-electron chi connectivity index (χ3n) is 5.91. The second-order valence-corrected chi connectivity index (χ2v) is 8.77. The molecule has 2 aromatic heterocycles. The quantitative estimate of drug-likeness (QED) is 0.389. The molecule has 0 unspecified atom stereocenters. The average Bonchev–Trinajstić information content (AvgIpc) is 3.10. The molecule has 11 heteroatoms. The van der Waals surface area contributed by atoms with Gasteiger partial charge >= 0.3 is 12.1 Å². The van der Waals surface area contributed by atoms with Crippen molar-refractivity contribution in [3.8, 4) is 17.0 Å². The lowest BCUT2D eigenvalue weighted by Crippen LogP contribution is -2.39. The van der Waals surface area contributed by atoms with E-state index in [-0.39, 0.29) is 31.6 Å². The lowest BCUT2D eigenvalue weighted by Gasteiger charge is -2.14. The molecule has 0 saturated heterocycles. The Balaban J connectivity index is 2.04. The topological polar surface area (TPSA) is 78.4 Å². The molecule has 0 radical (unpaired) electrons. The first-order valence-electron chi connectivity index (χ1n) is 11.1. The molecule has 0 saturated carbocycles. The summed E-state index contributed by atoms with van der Waals surface area (Å²) in [6, 6.07) is 12.4. The highest BCUT2D eigenvalue weighted by Gasteiger charge is 2.31. The van der Waals surface area contributed by atoms with Crippen molar-refractivity contribution in [3.05, 3.63) is 85.5 Å². The molecular weight excluding hydrogens is 499 g/mol. The third-order valence-corrected chi connectivity index (χ3v) is 6.16. The smallest absolute Gasteiger partial charge is 0.406 e. The van der Waals surface area contributed by atoms with E-state index < -0.39 is 23.4 Å². The number of hydrogen-bond acceptors (Lipinski definition) is 4. The Bertz CT molecular complexity index is 1540. The van der Waals surface area contributed by atoms with Crippen LogP contribution in [0.4, 0.5) is 13.2 Å². The summed E-state index contributed by atoms with van der Waals surface area (Å²) in [7, 11) is 1.53. The Morgan fingerprint density at radius 1 is 1.03 bits per heavy atom. The van der Waals surface area contributed by atoms with E-state index in [1.54, 1.807) is 41.8 Å². The van der Waals surface area contributed by atoms with Crippen molar-refractivity contribution in [2.24, 2.45) is 7.05 Å². The van der Waals surface area contributed by atoms with E-state index in [0.717, 1.165) is 10.1 Å². The van der Waals surface area contributed by atoms with Crippen LogP contribution < -0.4 is 16.0 Å². The molecule has 36 heavy (non-hydrogen) atoms. The van der Waals surface area contributed by atoms with Crippen molar-refractivity contribution in [1.82, 2.24) is 13.7 Å². The van der Waals surface area contributed by atoms with Gasteiger partial charge in [-0.25, -0.2) is 4.79 Å². The van der Waals surface area contributed by atoms with Gasteiger partial charge in [-0.3, -0.25) is 13.9 Å². The van der Waals surface area contributed by atoms with Gasteiger partial charge in [0, 0.05) is 37.3 Å². The Morgan fingerprint density at radius 2 is 1.72 bits per heavy atom. The number of fused-ring (bicyclic) bond motifs is 1. The summed E-state index contributed by atoms with van der Waals surface area (Å²) in [6.45, 7) is 1.72. The molecule has 2 aromatic carbocycles. The van der Waals surface area contributed by atoms with Gasteiger partial charge in [-0.1, -0.05) is 35.9 Å². The fraction of sp³-hybridized carbons (Fsp3) is 0.280. The first-order valence-corrected chi connectivity index (χ1v) is 11.4. The number of rotatable bonds is 7. The maximum absolute atomic E-state index is 13.6. The summed E-state index contributed by atoms with van der Waals surface area (Å²) in [6.07, 6.45) is -4.66. The fourth-order valence-electron chi connectivity index (χ4n) is 4.42. The zero-order valence-corrected chi connectivity index (χ0v) is 20.2. The molecule has 0 spiro atoms. The summed E-state index contributed by atoms with van der Waals surface area (Å²) >= 11 is 6.02. The highest BCUT2D eigenvalue weighted by Crippen LogP contribution is 2.35. The predicted molar refractivity (Wildman–Crippen MR) is 131 cm³/mol. The molecule has 0 aliphatic rings. The van der Waals surface area contributed by atoms with E-state index >= 15 is 0 Å². The van der Waals surface area contributed by atoms with Crippen molar-refractivity contribution in [3.63, 3.8) is 0 Å². The van der Waals surface area contributed by atoms with Crippen molar-refractivity contribution < 1.29 is 23.0 Å². The summed E-state index contributed by atoms with van der Waals surface area (Å²) in [5, 5.41) is 9.76. The molecule has 0 bridgehead atoms.